The third kappa shape index (κ3) is 5.94. The smallest absolute Gasteiger partial charge is 0.410 e. The van der Waals surface area contributed by atoms with Crippen molar-refractivity contribution in [3.05, 3.63) is 35.9 Å². The predicted molar refractivity (Wildman–Crippen MR) is 92.0 cm³/mol. The number of hydrogen-bond donors (Lipinski definition) is 2. The molecule has 7 heteroatoms. The number of aliphatic hydroxyl groups is 1. The van der Waals surface area contributed by atoms with Gasteiger partial charge in [0, 0.05) is 6.54 Å². The Balaban J connectivity index is 1.87. The summed E-state index contributed by atoms with van der Waals surface area (Å²) in [6.07, 6.45) is -0.582. The molecule has 0 radical (unpaired) electrons. The number of carbonyl (C=O) groups is 2. The number of aliphatic hydroxyl groups excluding tert-OH is 1. The molecule has 2 N–H and O–H groups in total. The Bertz CT molecular complexity index is 585. The Morgan fingerprint density at radius 2 is 1.96 bits per heavy atom. The van der Waals surface area contributed by atoms with Gasteiger partial charge in [0.2, 0.25) is 0 Å². The fraction of sp³-hybridized carbons (Fsp3) is 0.556. The van der Waals surface area contributed by atoms with E-state index in [1.54, 1.807) is 20.8 Å². The number of benzene rings is 1. The van der Waals surface area contributed by atoms with Gasteiger partial charge in [-0.2, -0.15) is 0 Å². The van der Waals surface area contributed by atoms with Crippen LogP contribution in [0.25, 0.3) is 0 Å². The lowest BCUT2D eigenvalue weighted by Crippen LogP contribution is -2.42. The minimum atomic E-state index is -0.590. The van der Waals surface area contributed by atoms with E-state index in [1.807, 2.05) is 30.3 Å². The van der Waals surface area contributed by atoms with Crippen molar-refractivity contribution < 1.29 is 24.2 Å². The molecule has 1 aromatic rings. The third-order valence-electron chi connectivity index (χ3n) is 3.79. The lowest BCUT2D eigenvalue weighted by atomic mass is 10.2. The molecule has 0 spiro atoms. The topological polar surface area (TPSA) is 88.1 Å². The minimum Gasteiger partial charge on any atom is -0.445 e. The van der Waals surface area contributed by atoms with Gasteiger partial charge < -0.3 is 24.8 Å². The van der Waals surface area contributed by atoms with Crippen LogP contribution in [0.1, 0.15) is 32.8 Å². The summed E-state index contributed by atoms with van der Waals surface area (Å²) in [5, 5.41) is 12.3. The van der Waals surface area contributed by atoms with Crippen LogP contribution in [0, 0.1) is 0 Å². The molecular weight excluding hydrogens is 324 g/mol. The second-order valence-electron chi connectivity index (χ2n) is 7.11. The second kappa shape index (κ2) is 8.20. The summed E-state index contributed by atoms with van der Waals surface area (Å²) in [5.41, 5.74) is 0.298. The highest BCUT2D eigenvalue weighted by Gasteiger charge is 2.37. The highest BCUT2D eigenvalue weighted by Crippen LogP contribution is 2.20. The minimum absolute atomic E-state index is 0.165. The van der Waals surface area contributed by atoms with Crippen LogP contribution in [0.3, 0.4) is 0 Å². The molecule has 1 aromatic carbocycles. The maximum atomic E-state index is 12.3. The van der Waals surface area contributed by atoms with Crippen LogP contribution >= 0.6 is 0 Å². The summed E-state index contributed by atoms with van der Waals surface area (Å²) in [6, 6.07) is 8.70. The fourth-order valence-corrected chi connectivity index (χ4v) is 2.69. The van der Waals surface area contributed by atoms with Crippen molar-refractivity contribution in [1.82, 2.24) is 10.2 Å². The van der Waals surface area contributed by atoms with E-state index in [0.29, 0.717) is 6.42 Å². The third-order valence-corrected chi connectivity index (χ3v) is 3.79. The molecule has 138 valence electrons. The summed E-state index contributed by atoms with van der Waals surface area (Å²) < 4.78 is 10.5. The molecular formula is C18H26N2O5. The van der Waals surface area contributed by atoms with Crippen molar-refractivity contribution in [2.75, 3.05) is 13.2 Å². The Hall–Kier alpha value is -2.28. The molecule has 0 aromatic heterocycles. The summed E-state index contributed by atoms with van der Waals surface area (Å²) in [6.45, 7) is 5.60. The van der Waals surface area contributed by atoms with E-state index in [0.717, 1.165) is 5.56 Å². The maximum absolute atomic E-state index is 12.3. The number of nitrogens with one attached hydrogen (secondary N) is 1. The zero-order valence-corrected chi connectivity index (χ0v) is 14.9. The zero-order valence-electron chi connectivity index (χ0n) is 14.9. The van der Waals surface area contributed by atoms with Crippen molar-refractivity contribution in [2.24, 2.45) is 0 Å². The lowest BCUT2D eigenvalue weighted by molar-refractivity contribution is 0.0502. The summed E-state index contributed by atoms with van der Waals surface area (Å²) in [7, 11) is 0. The molecule has 2 atom stereocenters. The monoisotopic (exact) mass is 350 g/mol. The number of alkyl carbamates (subject to hydrolysis) is 1. The first-order valence-corrected chi connectivity index (χ1v) is 8.36. The number of carbonyl (C=O) groups excluding carboxylic acids is 2. The number of ether oxygens (including phenoxy) is 2. The number of rotatable bonds is 4. The molecule has 1 saturated heterocycles. The molecule has 0 unspecified atom stereocenters. The van der Waals surface area contributed by atoms with Crippen molar-refractivity contribution in [3.63, 3.8) is 0 Å². The summed E-state index contributed by atoms with van der Waals surface area (Å²) >= 11 is 0. The van der Waals surface area contributed by atoms with Gasteiger partial charge >= 0.3 is 12.2 Å². The molecule has 25 heavy (non-hydrogen) atoms. The molecule has 1 fully saturated rings. The molecule has 0 saturated carbocycles. The van der Waals surface area contributed by atoms with Gasteiger partial charge in [-0.15, -0.1) is 0 Å². The molecule has 2 rings (SSSR count). The van der Waals surface area contributed by atoms with E-state index in [9.17, 15) is 14.7 Å². The van der Waals surface area contributed by atoms with E-state index in [2.05, 4.69) is 5.32 Å². The van der Waals surface area contributed by atoms with Crippen molar-refractivity contribution in [2.45, 2.75) is 51.5 Å². The van der Waals surface area contributed by atoms with Gasteiger partial charge in [-0.1, -0.05) is 30.3 Å². The van der Waals surface area contributed by atoms with Crippen LogP contribution in [0.15, 0.2) is 30.3 Å². The van der Waals surface area contributed by atoms with Crippen LogP contribution < -0.4 is 5.32 Å². The van der Waals surface area contributed by atoms with Gasteiger partial charge in [0.25, 0.3) is 0 Å². The highest BCUT2D eigenvalue weighted by molar-refractivity contribution is 5.70. The Morgan fingerprint density at radius 1 is 1.28 bits per heavy atom. The molecule has 2 amide bonds. The van der Waals surface area contributed by atoms with Crippen LogP contribution in [0.5, 0.6) is 0 Å². The predicted octanol–water partition coefficient (Wildman–Crippen LogP) is 2.28. The lowest BCUT2D eigenvalue weighted by Gasteiger charge is -2.22. The fourth-order valence-electron chi connectivity index (χ4n) is 2.69. The van der Waals surface area contributed by atoms with E-state index in [1.165, 1.54) is 4.90 Å². The van der Waals surface area contributed by atoms with Gasteiger partial charge in [0.1, 0.15) is 12.2 Å². The normalized spacial score (nSPS) is 20.2. The molecule has 0 bridgehead atoms. The number of amides is 2. The SMILES string of the molecule is CC(C)(C)OC(=O)N[C@@H]1C[C@@H](CO)N(C(=O)OCc2ccccc2)C1. The number of likely N-dealkylation sites (tertiary alicyclic amines) is 1. The molecule has 1 aliphatic heterocycles. The number of hydrogen-bond acceptors (Lipinski definition) is 5. The maximum Gasteiger partial charge on any atom is 0.410 e. The zero-order chi connectivity index (χ0) is 18.4. The van der Waals surface area contributed by atoms with Crippen LogP contribution in [0.2, 0.25) is 0 Å². The van der Waals surface area contributed by atoms with Crippen molar-refractivity contribution >= 4 is 12.2 Å². The average Bonchev–Trinajstić information content (AvgIpc) is 2.94. The standard InChI is InChI=1S/C18H26N2O5/c1-18(2,3)25-16(22)19-14-9-15(11-21)20(10-14)17(23)24-12-13-7-5-4-6-8-13/h4-8,14-15,21H,9-12H2,1-3H3,(H,19,22)/t14-,15+/m1/s1. The summed E-state index contributed by atoms with van der Waals surface area (Å²) in [5.74, 6) is 0. The molecule has 0 aliphatic carbocycles. The largest absolute Gasteiger partial charge is 0.445 e. The number of nitrogens with zero attached hydrogens (tertiary/aromatic N) is 1. The van der Waals surface area contributed by atoms with Crippen LogP contribution in [-0.4, -0.2) is 53.0 Å². The van der Waals surface area contributed by atoms with Gasteiger partial charge in [-0.05, 0) is 32.8 Å². The van der Waals surface area contributed by atoms with Crippen LogP contribution in [0.4, 0.5) is 9.59 Å². The van der Waals surface area contributed by atoms with E-state index >= 15 is 0 Å². The second-order valence-corrected chi connectivity index (χ2v) is 7.11. The van der Waals surface area contributed by atoms with E-state index in [-0.39, 0.29) is 31.8 Å². The Labute approximate surface area is 147 Å². The van der Waals surface area contributed by atoms with Crippen molar-refractivity contribution in [3.8, 4) is 0 Å². The van der Waals surface area contributed by atoms with E-state index in [4.69, 9.17) is 9.47 Å². The average molecular weight is 350 g/mol. The Kier molecular flexibility index (Phi) is 6.25. The summed E-state index contributed by atoms with van der Waals surface area (Å²) in [4.78, 5) is 25.6. The quantitative estimate of drug-likeness (QED) is 0.870. The van der Waals surface area contributed by atoms with Gasteiger partial charge in [0.15, 0.2) is 0 Å². The van der Waals surface area contributed by atoms with Gasteiger partial charge in [-0.25, -0.2) is 9.59 Å². The van der Waals surface area contributed by atoms with Gasteiger partial charge in [0.05, 0.1) is 18.7 Å². The first-order chi connectivity index (χ1) is 11.8. The van der Waals surface area contributed by atoms with E-state index < -0.39 is 17.8 Å². The first-order valence-electron chi connectivity index (χ1n) is 8.36. The molecule has 1 aliphatic rings. The Morgan fingerprint density at radius 3 is 2.56 bits per heavy atom. The van der Waals surface area contributed by atoms with Crippen LogP contribution in [-0.2, 0) is 16.1 Å². The molecule has 1 heterocycles. The van der Waals surface area contributed by atoms with Crippen molar-refractivity contribution in [1.29, 1.82) is 0 Å². The first kappa shape index (κ1) is 19.1. The highest BCUT2D eigenvalue weighted by atomic mass is 16.6. The molecule has 7 nitrogen and oxygen atoms in total. The van der Waals surface area contributed by atoms with Gasteiger partial charge in [-0.3, -0.25) is 0 Å².